The molecule has 2 fully saturated rings. The summed E-state index contributed by atoms with van der Waals surface area (Å²) < 4.78 is 0. The SMILES string of the molecule is Cc1cc(/C(=C\CC2CC2)c2ccc(C3CC3)c(=O)[nH]2)ccc1CCc1nnn(CC(=O)O)n1. The van der Waals surface area contributed by atoms with Crippen LogP contribution in [0.5, 0.6) is 0 Å². The lowest BCUT2D eigenvalue weighted by Crippen LogP contribution is -2.13. The molecule has 2 heterocycles. The van der Waals surface area contributed by atoms with E-state index in [0.717, 1.165) is 64.4 Å². The molecule has 0 amide bonds. The monoisotopic (exact) mass is 459 g/mol. The van der Waals surface area contributed by atoms with Gasteiger partial charge < -0.3 is 10.1 Å². The predicted octanol–water partition coefficient (Wildman–Crippen LogP) is 3.65. The van der Waals surface area contributed by atoms with E-state index in [9.17, 15) is 9.59 Å². The summed E-state index contributed by atoms with van der Waals surface area (Å²) in [6, 6.07) is 10.5. The maximum Gasteiger partial charge on any atom is 0.327 e. The summed E-state index contributed by atoms with van der Waals surface area (Å²) in [6.07, 6.45) is 9.41. The fourth-order valence-electron chi connectivity index (χ4n) is 4.33. The molecule has 2 aliphatic rings. The fraction of sp³-hybridized carbons (Fsp3) is 0.423. The van der Waals surface area contributed by atoms with Crippen LogP contribution in [0.4, 0.5) is 0 Å². The van der Waals surface area contributed by atoms with Crippen molar-refractivity contribution in [1.29, 1.82) is 0 Å². The number of aromatic amines is 1. The number of allylic oxidation sites excluding steroid dienone is 1. The number of aliphatic carboxylic acids is 1. The average Bonchev–Trinajstić information content (AvgIpc) is 3.73. The van der Waals surface area contributed by atoms with Crippen LogP contribution in [0.3, 0.4) is 0 Å². The van der Waals surface area contributed by atoms with Gasteiger partial charge in [-0.05, 0) is 85.3 Å². The van der Waals surface area contributed by atoms with Crippen molar-refractivity contribution < 1.29 is 9.90 Å². The molecular formula is C26H29N5O3. The van der Waals surface area contributed by atoms with E-state index in [0.29, 0.717) is 18.2 Å². The van der Waals surface area contributed by atoms with Crippen LogP contribution in [0.1, 0.15) is 71.8 Å². The maximum absolute atomic E-state index is 12.7. The van der Waals surface area contributed by atoms with E-state index < -0.39 is 5.97 Å². The number of carboxylic acid groups (broad SMARTS) is 1. The second-order valence-electron chi connectivity index (χ2n) is 9.50. The molecule has 8 nitrogen and oxygen atoms in total. The number of carboxylic acids is 1. The maximum atomic E-state index is 12.7. The Hall–Kier alpha value is -3.55. The summed E-state index contributed by atoms with van der Waals surface area (Å²) in [5, 5.41) is 20.7. The van der Waals surface area contributed by atoms with Crippen molar-refractivity contribution in [2.45, 2.75) is 64.3 Å². The Morgan fingerprint density at radius 1 is 1.18 bits per heavy atom. The number of tetrazole rings is 1. The Morgan fingerprint density at radius 2 is 2.00 bits per heavy atom. The van der Waals surface area contributed by atoms with Gasteiger partial charge in [-0.3, -0.25) is 9.59 Å². The molecule has 0 spiro atoms. The van der Waals surface area contributed by atoms with E-state index in [-0.39, 0.29) is 12.1 Å². The number of rotatable bonds is 10. The Labute approximate surface area is 197 Å². The van der Waals surface area contributed by atoms with Crippen molar-refractivity contribution in [3.05, 3.63) is 80.5 Å². The van der Waals surface area contributed by atoms with Crippen LogP contribution in [-0.4, -0.2) is 36.3 Å². The zero-order valence-electron chi connectivity index (χ0n) is 19.3. The van der Waals surface area contributed by atoms with Crippen LogP contribution in [0.2, 0.25) is 0 Å². The number of carbonyl (C=O) groups is 1. The highest BCUT2D eigenvalue weighted by molar-refractivity contribution is 5.78. The molecule has 0 bridgehead atoms. The van der Waals surface area contributed by atoms with Crippen molar-refractivity contribution in [2.75, 3.05) is 0 Å². The summed E-state index contributed by atoms with van der Waals surface area (Å²) in [6.45, 7) is 1.80. The van der Waals surface area contributed by atoms with Crippen LogP contribution < -0.4 is 5.56 Å². The van der Waals surface area contributed by atoms with Gasteiger partial charge in [0.2, 0.25) is 0 Å². The summed E-state index contributed by atoms with van der Waals surface area (Å²) in [5.74, 6) is 0.723. The molecule has 3 aromatic rings. The highest BCUT2D eigenvalue weighted by atomic mass is 16.4. The van der Waals surface area contributed by atoms with E-state index >= 15 is 0 Å². The quantitative estimate of drug-likeness (QED) is 0.478. The van der Waals surface area contributed by atoms with Gasteiger partial charge in [0.25, 0.3) is 5.56 Å². The third kappa shape index (κ3) is 5.32. The number of hydrogen-bond acceptors (Lipinski definition) is 5. The predicted molar refractivity (Wildman–Crippen MR) is 127 cm³/mol. The molecule has 0 unspecified atom stereocenters. The molecule has 2 aromatic heterocycles. The highest BCUT2D eigenvalue weighted by Crippen LogP contribution is 2.39. The van der Waals surface area contributed by atoms with Gasteiger partial charge in [0, 0.05) is 23.3 Å². The Bertz CT molecular complexity index is 1300. The van der Waals surface area contributed by atoms with Crippen LogP contribution in [-0.2, 0) is 24.2 Å². The molecule has 2 N–H and O–H groups in total. The topological polar surface area (TPSA) is 114 Å². The first-order valence-corrected chi connectivity index (χ1v) is 12.0. The molecule has 0 saturated heterocycles. The van der Waals surface area contributed by atoms with Crippen LogP contribution >= 0.6 is 0 Å². The third-order valence-electron chi connectivity index (χ3n) is 6.64. The smallest absolute Gasteiger partial charge is 0.327 e. The number of hydrogen-bond donors (Lipinski definition) is 2. The zero-order valence-corrected chi connectivity index (χ0v) is 19.3. The van der Waals surface area contributed by atoms with E-state index in [1.807, 2.05) is 6.07 Å². The minimum absolute atomic E-state index is 0.0362. The number of aromatic nitrogens is 5. The number of nitrogens with one attached hydrogen (secondary N) is 1. The van der Waals surface area contributed by atoms with Crippen molar-refractivity contribution >= 4 is 11.5 Å². The van der Waals surface area contributed by atoms with Crippen LogP contribution in [0, 0.1) is 12.8 Å². The van der Waals surface area contributed by atoms with Gasteiger partial charge in [-0.25, -0.2) is 0 Å². The van der Waals surface area contributed by atoms with Crippen LogP contribution in [0.15, 0.2) is 41.2 Å². The van der Waals surface area contributed by atoms with Gasteiger partial charge >= 0.3 is 5.97 Å². The van der Waals surface area contributed by atoms with Gasteiger partial charge in [-0.1, -0.05) is 30.3 Å². The molecular weight excluding hydrogens is 430 g/mol. The lowest BCUT2D eigenvalue weighted by atomic mass is 9.94. The first-order chi connectivity index (χ1) is 16.5. The van der Waals surface area contributed by atoms with E-state index in [1.54, 1.807) is 0 Å². The van der Waals surface area contributed by atoms with E-state index in [1.165, 1.54) is 18.4 Å². The van der Waals surface area contributed by atoms with Crippen molar-refractivity contribution in [3.8, 4) is 0 Å². The molecule has 0 atom stereocenters. The molecule has 0 aliphatic heterocycles. The first-order valence-electron chi connectivity index (χ1n) is 12.0. The molecule has 0 radical (unpaired) electrons. The molecule has 5 rings (SSSR count). The lowest BCUT2D eigenvalue weighted by molar-refractivity contribution is -0.138. The molecule has 8 heteroatoms. The second-order valence-corrected chi connectivity index (χ2v) is 9.50. The Balaban J connectivity index is 1.35. The van der Waals surface area contributed by atoms with E-state index in [4.69, 9.17) is 5.11 Å². The molecule has 176 valence electrons. The minimum Gasteiger partial charge on any atom is -0.480 e. The summed E-state index contributed by atoms with van der Waals surface area (Å²) in [4.78, 5) is 27.7. The number of pyridine rings is 1. The van der Waals surface area contributed by atoms with Gasteiger partial charge in [0.1, 0.15) is 0 Å². The normalized spacial score (nSPS) is 16.1. The first kappa shape index (κ1) is 22.3. The van der Waals surface area contributed by atoms with Crippen LogP contribution in [0.25, 0.3) is 5.57 Å². The standard InChI is InChI=1S/C26H29N5O3/c1-16-14-20(8-5-18(16)9-13-24-28-30-31(29-24)15-25(32)33)21(10-4-17-2-3-17)23-12-11-22(19-6-7-19)26(34)27-23/h5,8,10-12,14,17,19H,2-4,6-7,9,13,15H2,1H3,(H,27,34)(H,32,33)/b21-10+. The number of aryl methyl sites for hydroxylation is 3. The van der Waals surface area contributed by atoms with Gasteiger partial charge in [-0.15, -0.1) is 10.2 Å². The molecule has 1 aromatic carbocycles. The van der Waals surface area contributed by atoms with Gasteiger partial charge in [0.05, 0.1) is 0 Å². The largest absolute Gasteiger partial charge is 0.480 e. The number of nitrogens with zero attached hydrogens (tertiary/aromatic N) is 4. The summed E-state index contributed by atoms with van der Waals surface area (Å²) >= 11 is 0. The third-order valence-corrected chi connectivity index (χ3v) is 6.64. The minimum atomic E-state index is -0.996. The molecule has 2 aliphatic carbocycles. The highest BCUT2D eigenvalue weighted by Gasteiger charge is 2.26. The average molecular weight is 460 g/mol. The van der Waals surface area contributed by atoms with Crippen molar-refractivity contribution in [2.24, 2.45) is 5.92 Å². The lowest BCUT2D eigenvalue weighted by Gasteiger charge is -2.13. The van der Waals surface area contributed by atoms with E-state index in [2.05, 4.69) is 57.7 Å². The van der Waals surface area contributed by atoms with Gasteiger partial charge in [0.15, 0.2) is 12.4 Å². The summed E-state index contributed by atoms with van der Waals surface area (Å²) in [5.41, 5.74) is 6.34. The Morgan fingerprint density at radius 3 is 2.68 bits per heavy atom. The molecule has 2 saturated carbocycles. The van der Waals surface area contributed by atoms with Crippen molar-refractivity contribution in [1.82, 2.24) is 25.2 Å². The van der Waals surface area contributed by atoms with Gasteiger partial charge in [-0.2, -0.15) is 4.80 Å². The van der Waals surface area contributed by atoms with Crippen molar-refractivity contribution in [3.63, 3.8) is 0 Å². The second kappa shape index (κ2) is 9.37. The Kier molecular flexibility index (Phi) is 6.13. The zero-order chi connectivity index (χ0) is 23.7. The summed E-state index contributed by atoms with van der Waals surface area (Å²) in [7, 11) is 0. The fourth-order valence-corrected chi connectivity index (χ4v) is 4.33. The molecule has 34 heavy (non-hydrogen) atoms. The number of H-pyrrole nitrogens is 1. The number of benzene rings is 1.